The molecule has 2 rings (SSSR count). The van der Waals surface area contributed by atoms with Gasteiger partial charge in [0.15, 0.2) is 0 Å². The van der Waals surface area contributed by atoms with E-state index in [0.29, 0.717) is 24.3 Å². The molecule has 0 saturated carbocycles. The molecule has 1 aromatic rings. The first-order valence-corrected chi connectivity index (χ1v) is 7.81. The average molecular weight is 350 g/mol. The van der Waals surface area contributed by atoms with Gasteiger partial charge in [0.2, 0.25) is 5.91 Å². The van der Waals surface area contributed by atoms with Gasteiger partial charge in [-0.05, 0) is 43.7 Å². The normalized spacial score (nSPS) is 15.9. The van der Waals surface area contributed by atoms with Gasteiger partial charge in [0.05, 0.1) is 6.04 Å². The molecule has 1 unspecified atom stereocenters. The van der Waals surface area contributed by atoms with E-state index in [1.165, 1.54) is 0 Å². The summed E-state index contributed by atoms with van der Waals surface area (Å²) < 4.78 is 0. The summed E-state index contributed by atoms with van der Waals surface area (Å²) in [5, 5.41) is 6.03. The third-order valence-corrected chi connectivity index (χ3v) is 3.76. The van der Waals surface area contributed by atoms with Crippen molar-refractivity contribution in [2.75, 3.05) is 25.0 Å². The smallest absolute Gasteiger partial charge is 0.254 e. The summed E-state index contributed by atoms with van der Waals surface area (Å²) in [6.45, 7) is 9.14. The summed E-state index contributed by atoms with van der Waals surface area (Å²) in [5.74, 6) is -0.110. The predicted molar refractivity (Wildman–Crippen MR) is 99.6 cm³/mol. The molecule has 1 atom stereocenters. The molecule has 1 heterocycles. The number of amides is 2. The van der Waals surface area contributed by atoms with E-state index in [1.807, 2.05) is 0 Å². The van der Waals surface area contributed by atoms with Crippen LogP contribution in [0.1, 0.15) is 23.2 Å². The number of halogens is 1. The standard InChI is InChI=1S/C18H23N3O2.ClH/c1-3-12-21(13-4-2)18(23)14-7-9-15(10-8-14)20-17(22)16-6-5-11-19-16;/h3-4,7-10,16,19H,1-2,5-6,11-13H2,(H,20,22);1H. The molecule has 5 nitrogen and oxygen atoms in total. The quantitative estimate of drug-likeness (QED) is 0.744. The van der Waals surface area contributed by atoms with Crippen molar-refractivity contribution in [3.05, 3.63) is 55.1 Å². The van der Waals surface area contributed by atoms with Crippen molar-refractivity contribution < 1.29 is 9.59 Å². The van der Waals surface area contributed by atoms with E-state index < -0.39 is 0 Å². The summed E-state index contributed by atoms with van der Waals surface area (Å²) in [6, 6.07) is 6.82. The number of benzene rings is 1. The molecule has 0 radical (unpaired) electrons. The Morgan fingerprint density at radius 2 is 1.83 bits per heavy atom. The number of nitrogens with one attached hydrogen (secondary N) is 2. The number of hydrogen-bond donors (Lipinski definition) is 2. The maximum atomic E-state index is 12.4. The third kappa shape index (κ3) is 5.22. The molecule has 0 spiro atoms. The van der Waals surface area contributed by atoms with Gasteiger partial charge in [-0.1, -0.05) is 12.2 Å². The predicted octanol–water partition coefficient (Wildman–Crippen LogP) is 2.61. The molecule has 0 aromatic heterocycles. The molecule has 1 aliphatic heterocycles. The van der Waals surface area contributed by atoms with Gasteiger partial charge in [-0.2, -0.15) is 0 Å². The fourth-order valence-corrected chi connectivity index (χ4v) is 2.57. The van der Waals surface area contributed by atoms with Crippen LogP contribution in [0.15, 0.2) is 49.6 Å². The summed E-state index contributed by atoms with van der Waals surface area (Å²) >= 11 is 0. The van der Waals surface area contributed by atoms with E-state index in [9.17, 15) is 9.59 Å². The van der Waals surface area contributed by atoms with Gasteiger partial charge in [0.25, 0.3) is 5.91 Å². The molecule has 1 fully saturated rings. The highest BCUT2D eigenvalue weighted by Gasteiger charge is 2.22. The van der Waals surface area contributed by atoms with E-state index in [-0.39, 0.29) is 30.3 Å². The molecule has 0 aliphatic carbocycles. The second kappa shape index (κ2) is 9.90. The van der Waals surface area contributed by atoms with Crippen LogP contribution in [0.25, 0.3) is 0 Å². The van der Waals surface area contributed by atoms with Crippen LogP contribution in [0.5, 0.6) is 0 Å². The van der Waals surface area contributed by atoms with Gasteiger partial charge in [-0.15, -0.1) is 25.6 Å². The minimum Gasteiger partial charge on any atom is -0.331 e. The summed E-state index contributed by atoms with van der Waals surface area (Å²) in [6.07, 6.45) is 5.25. The number of carbonyl (C=O) groups is 2. The van der Waals surface area contributed by atoms with Gasteiger partial charge >= 0.3 is 0 Å². The highest BCUT2D eigenvalue weighted by molar-refractivity contribution is 5.97. The molecule has 6 heteroatoms. The zero-order chi connectivity index (χ0) is 16.7. The van der Waals surface area contributed by atoms with Crippen molar-refractivity contribution in [3.63, 3.8) is 0 Å². The van der Waals surface area contributed by atoms with Crippen molar-refractivity contribution in [2.24, 2.45) is 0 Å². The van der Waals surface area contributed by atoms with E-state index in [2.05, 4.69) is 23.8 Å². The lowest BCUT2D eigenvalue weighted by atomic mass is 10.1. The van der Waals surface area contributed by atoms with Crippen molar-refractivity contribution in [1.29, 1.82) is 0 Å². The van der Waals surface area contributed by atoms with Gasteiger partial charge < -0.3 is 15.5 Å². The Morgan fingerprint density at radius 3 is 2.33 bits per heavy atom. The van der Waals surface area contributed by atoms with Crippen molar-refractivity contribution in [1.82, 2.24) is 10.2 Å². The molecule has 130 valence electrons. The first-order chi connectivity index (χ1) is 11.2. The number of rotatable bonds is 7. The number of carbonyl (C=O) groups excluding carboxylic acids is 2. The molecular weight excluding hydrogens is 326 g/mol. The van der Waals surface area contributed by atoms with Crippen LogP contribution in [-0.4, -0.2) is 42.4 Å². The Labute approximate surface area is 149 Å². The third-order valence-electron chi connectivity index (χ3n) is 3.76. The lowest BCUT2D eigenvalue weighted by Crippen LogP contribution is -2.35. The Bertz CT molecular complexity index is 570. The minimum atomic E-state index is -0.119. The first kappa shape index (κ1) is 19.9. The molecule has 1 saturated heterocycles. The maximum absolute atomic E-state index is 12.4. The average Bonchev–Trinajstić information content (AvgIpc) is 3.09. The van der Waals surface area contributed by atoms with E-state index in [4.69, 9.17) is 0 Å². The van der Waals surface area contributed by atoms with Crippen LogP contribution in [0, 0.1) is 0 Å². The van der Waals surface area contributed by atoms with E-state index in [0.717, 1.165) is 19.4 Å². The minimum absolute atomic E-state index is 0. The molecule has 0 bridgehead atoms. The summed E-state index contributed by atoms with van der Waals surface area (Å²) in [4.78, 5) is 26.1. The first-order valence-electron chi connectivity index (χ1n) is 7.81. The molecule has 1 aliphatic rings. The maximum Gasteiger partial charge on any atom is 0.254 e. The Hall–Kier alpha value is -2.11. The van der Waals surface area contributed by atoms with E-state index >= 15 is 0 Å². The number of nitrogens with zero attached hydrogens (tertiary/aromatic N) is 1. The highest BCUT2D eigenvalue weighted by Crippen LogP contribution is 2.14. The van der Waals surface area contributed by atoms with Crippen LogP contribution < -0.4 is 10.6 Å². The Morgan fingerprint density at radius 1 is 1.21 bits per heavy atom. The second-order valence-corrected chi connectivity index (χ2v) is 5.50. The lowest BCUT2D eigenvalue weighted by molar-refractivity contribution is -0.117. The molecular formula is C18H24ClN3O2. The SMILES string of the molecule is C=CCN(CC=C)C(=O)c1ccc(NC(=O)C2CCCN2)cc1.Cl. The zero-order valence-electron chi connectivity index (χ0n) is 13.7. The fraction of sp³-hybridized carbons (Fsp3) is 0.333. The highest BCUT2D eigenvalue weighted by atomic mass is 35.5. The molecule has 2 amide bonds. The van der Waals surface area contributed by atoms with Crippen LogP contribution in [-0.2, 0) is 4.79 Å². The number of hydrogen-bond acceptors (Lipinski definition) is 3. The fourth-order valence-electron chi connectivity index (χ4n) is 2.57. The molecule has 1 aromatic carbocycles. The zero-order valence-corrected chi connectivity index (χ0v) is 14.5. The number of anilines is 1. The largest absolute Gasteiger partial charge is 0.331 e. The van der Waals surface area contributed by atoms with Gasteiger partial charge in [0, 0.05) is 24.3 Å². The van der Waals surface area contributed by atoms with Gasteiger partial charge in [0.1, 0.15) is 0 Å². The second-order valence-electron chi connectivity index (χ2n) is 5.50. The van der Waals surface area contributed by atoms with Gasteiger partial charge in [-0.3, -0.25) is 9.59 Å². The molecule has 2 N–H and O–H groups in total. The van der Waals surface area contributed by atoms with Crippen molar-refractivity contribution in [3.8, 4) is 0 Å². The molecule has 24 heavy (non-hydrogen) atoms. The topological polar surface area (TPSA) is 61.4 Å². The lowest BCUT2D eigenvalue weighted by Gasteiger charge is -2.19. The van der Waals surface area contributed by atoms with Crippen molar-refractivity contribution in [2.45, 2.75) is 18.9 Å². The van der Waals surface area contributed by atoms with Crippen molar-refractivity contribution >= 4 is 29.9 Å². The van der Waals surface area contributed by atoms with Gasteiger partial charge in [-0.25, -0.2) is 0 Å². The van der Waals surface area contributed by atoms with E-state index in [1.54, 1.807) is 41.3 Å². The van der Waals surface area contributed by atoms with Crippen LogP contribution in [0.3, 0.4) is 0 Å². The van der Waals surface area contributed by atoms with Crippen LogP contribution in [0.2, 0.25) is 0 Å². The summed E-state index contributed by atoms with van der Waals surface area (Å²) in [7, 11) is 0. The summed E-state index contributed by atoms with van der Waals surface area (Å²) in [5.41, 5.74) is 1.27. The monoisotopic (exact) mass is 349 g/mol. The Kier molecular flexibility index (Phi) is 8.22. The van der Waals surface area contributed by atoms with Crippen LogP contribution in [0.4, 0.5) is 5.69 Å². The Balaban J connectivity index is 0.00000288. The van der Waals surface area contributed by atoms with Crippen LogP contribution >= 0.6 is 12.4 Å².